The van der Waals surface area contributed by atoms with Crippen molar-refractivity contribution in [2.75, 3.05) is 13.2 Å². The highest BCUT2D eigenvalue weighted by atomic mass is 16.5. The van der Waals surface area contributed by atoms with Crippen LogP contribution in [0.5, 0.6) is 0 Å². The zero-order valence-electron chi connectivity index (χ0n) is 8.20. The van der Waals surface area contributed by atoms with Gasteiger partial charge in [0.2, 0.25) is 0 Å². The van der Waals surface area contributed by atoms with Crippen LogP contribution in [0.25, 0.3) is 0 Å². The van der Waals surface area contributed by atoms with Crippen LogP contribution in [-0.2, 0) is 11.2 Å². The van der Waals surface area contributed by atoms with E-state index in [-0.39, 0.29) is 6.10 Å². The summed E-state index contributed by atoms with van der Waals surface area (Å²) < 4.78 is 5.71. The third kappa shape index (κ3) is 1.95. The van der Waals surface area contributed by atoms with Crippen molar-refractivity contribution in [3.63, 3.8) is 0 Å². The van der Waals surface area contributed by atoms with Gasteiger partial charge < -0.3 is 4.74 Å². The van der Waals surface area contributed by atoms with Crippen LogP contribution in [-0.4, -0.2) is 13.2 Å². The molecule has 0 amide bonds. The van der Waals surface area contributed by atoms with E-state index >= 15 is 0 Å². The van der Waals surface area contributed by atoms with E-state index in [2.05, 4.69) is 29.7 Å². The average Bonchev–Trinajstić information content (AvgIpc) is 2.26. The van der Waals surface area contributed by atoms with Crippen molar-refractivity contribution >= 4 is 0 Å². The Kier molecular flexibility index (Phi) is 3.14. The zero-order valence-corrected chi connectivity index (χ0v) is 8.20. The van der Waals surface area contributed by atoms with Crippen LogP contribution in [0, 0.1) is 0 Å². The molecule has 2 rings (SSSR count). The van der Waals surface area contributed by atoms with Gasteiger partial charge in [0, 0.05) is 6.54 Å². The third-order valence-corrected chi connectivity index (χ3v) is 2.64. The number of benzene rings is 1. The van der Waals surface area contributed by atoms with E-state index in [1.807, 2.05) is 0 Å². The van der Waals surface area contributed by atoms with Crippen LogP contribution >= 0.6 is 0 Å². The number of nitrogens with two attached hydrogens (primary N) is 1. The van der Waals surface area contributed by atoms with E-state index in [0.29, 0.717) is 0 Å². The second-order valence-electron chi connectivity index (χ2n) is 3.55. The molecule has 0 saturated heterocycles. The monoisotopic (exact) mass is 192 g/mol. The number of ether oxygens (including phenoxy) is 1. The Hall–Kier alpha value is -0.900. The fourth-order valence-electron chi connectivity index (χ4n) is 1.93. The maximum absolute atomic E-state index is 5.71. The molecule has 0 aliphatic carbocycles. The first-order valence-corrected chi connectivity index (χ1v) is 5.04. The summed E-state index contributed by atoms with van der Waals surface area (Å²) in [6, 6.07) is 8.48. The predicted molar refractivity (Wildman–Crippen MR) is 55.6 cm³/mol. The first-order chi connectivity index (χ1) is 6.92. The van der Waals surface area contributed by atoms with E-state index in [9.17, 15) is 0 Å². The molecule has 1 aromatic rings. The molecule has 0 spiro atoms. The summed E-state index contributed by atoms with van der Waals surface area (Å²) in [7, 11) is 0. The van der Waals surface area contributed by atoms with E-state index in [4.69, 9.17) is 10.6 Å². The number of fused-ring (bicyclic) bond motifs is 1. The maximum Gasteiger partial charge on any atom is 0.0840 e. The Labute approximate surface area is 84.2 Å². The molecule has 3 N–H and O–H groups in total. The summed E-state index contributed by atoms with van der Waals surface area (Å²) in [6.07, 6.45) is 2.19. The molecular weight excluding hydrogens is 176 g/mol. The Morgan fingerprint density at radius 3 is 3.14 bits per heavy atom. The minimum Gasteiger partial charge on any atom is -0.373 e. The largest absolute Gasteiger partial charge is 0.373 e. The second-order valence-corrected chi connectivity index (χ2v) is 3.55. The molecule has 14 heavy (non-hydrogen) atoms. The second kappa shape index (κ2) is 4.55. The fraction of sp³-hybridized carbons (Fsp3) is 0.455. The van der Waals surface area contributed by atoms with Gasteiger partial charge >= 0.3 is 0 Å². The van der Waals surface area contributed by atoms with Gasteiger partial charge in [-0.15, -0.1) is 0 Å². The lowest BCUT2D eigenvalue weighted by Gasteiger charge is -2.25. The van der Waals surface area contributed by atoms with E-state index < -0.39 is 0 Å². The van der Waals surface area contributed by atoms with Crippen molar-refractivity contribution in [3.8, 4) is 0 Å². The van der Waals surface area contributed by atoms with Crippen LogP contribution < -0.4 is 11.3 Å². The van der Waals surface area contributed by atoms with Crippen molar-refractivity contribution < 1.29 is 4.74 Å². The Balaban J connectivity index is 2.14. The summed E-state index contributed by atoms with van der Waals surface area (Å²) in [6.45, 7) is 1.62. The number of hydrogen-bond donors (Lipinski definition) is 2. The lowest BCUT2D eigenvalue weighted by atomic mass is 9.96. The highest BCUT2D eigenvalue weighted by Gasteiger charge is 2.19. The van der Waals surface area contributed by atoms with Crippen LogP contribution in [0.1, 0.15) is 23.7 Å². The minimum atomic E-state index is 0.219. The number of hydrazine groups is 1. The topological polar surface area (TPSA) is 47.3 Å². The smallest absolute Gasteiger partial charge is 0.0840 e. The molecule has 1 heterocycles. The number of hydrogen-bond acceptors (Lipinski definition) is 3. The first-order valence-electron chi connectivity index (χ1n) is 5.04. The summed E-state index contributed by atoms with van der Waals surface area (Å²) in [5.74, 6) is 5.26. The molecule has 1 aliphatic heterocycles. The number of rotatable bonds is 3. The molecule has 1 aromatic carbocycles. The standard InChI is InChI=1S/C11H16N2O/c12-13-7-5-11-10-4-2-1-3-9(10)6-8-14-11/h1-4,11,13H,5-8,12H2. The van der Waals surface area contributed by atoms with Crippen LogP contribution in [0.2, 0.25) is 0 Å². The first kappa shape index (κ1) is 9.65. The van der Waals surface area contributed by atoms with E-state index in [0.717, 1.165) is 26.0 Å². The van der Waals surface area contributed by atoms with Crippen molar-refractivity contribution in [2.45, 2.75) is 18.9 Å². The lowest BCUT2D eigenvalue weighted by Crippen LogP contribution is -2.26. The van der Waals surface area contributed by atoms with E-state index in [1.54, 1.807) is 0 Å². The van der Waals surface area contributed by atoms with Gasteiger partial charge in [0.1, 0.15) is 0 Å². The van der Waals surface area contributed by atoms with Gasteiger partial charge in [0.25, 0.3) is 0 Å². The normalized spacial score (nSPS) is 20.5. The zero-order chi connectivity index (χ0) is 9.80. The van der Waals surface area contributed by atoms with Gasteiger partial charge in [-0.3, -0.25) is 11.3 Å². The molecule has 3 nitrogen and oxygen atoms in total. The minimum absolute atomic E-state index is 0.219. The molecule has 3 heteroatoms. The number of nitrogens with one attached hydrogen (secondary N) is 1. The van der Waals surface area contributed by atoms with Gasteiger partial charge in [-0.05, 0) is 24.0 Å². The summed E-state index contributed by atoms with van der Waals surface area (Å²) in [4.78, 5) is 0. The molecule has 0 aromatic heterocycles. The molecule has 0 fully saturated rings. The average molecular weight is 192 g/mol. The Morgan fingerprint density at radius 1 is 1.43 bits per heavy atom. The fourth-order valence-corrected chi connectivity index (χ4v) is 1.93. The Morgan fingerprint density at radius 2 is 2.29 bits per heavy atom. The van der Waals surface area contributed by atoms with Gasteiger partial charge in [-0.1, -0.05) is 24.3 Å². The van der Waals surface area contributed by atoms with Crippen molar-refractivity contribution in [2.24, 2.45) is 5.84 Å². The van der Waals surface area contributed by atoms with Crippen molar-refractivity contribution in [3.05, 3.63) is 35.4 Å². The third-order valence-electron chi connectivity index (χ3n) is 2.64. The van der Waals surface area contributed by atoms with Gasteiger partial charge in [-0.2, -0.15) is 0 Å². The molecule has 0 radical (unpaired) electrons. The molecule has 76 valence electrons. The molecule has 0 bridgehead atoms. The predicted octanol–water partition coefficient (Wildman–Crippen LogP) is 1.15. The van der Waals surface area contributed by atoms with Crippen molar-refractivity contribution in [1.29, 1.82) is 0 Å². The molecule has 1 atom stereocenters. The molecule has 1 unspecified atom stereocenters. The van der Waals surface area contributed by atoms with Gasteiger partial charge in [0.05, 0.1) is 12.7 Å². The van der Waals surface area contributed by atoms with Gasteiger partial charge in [-0.25, -0.2) is 0 Å². The summed E-state index contributed by atoms with van der Waals surface area (Å²) in [5.41, 5.74) is 5.41. The molecule has 1 aliphatic rings. The molecular formula is C11H16N2O. The Bertz CT molecular complexity index is 301. The lowest BCUT2D eigenvalue weighted by molar-refractivity contribution is 0.0368. The maximum atomic E-state index is 5.71. The highest BCUT2D eigenvalue weighted by Crippen LogP contribution is 2.28. The van der Waals surface area contributed by atoms with Crippen LogP contribution in [0.15, 0.2) is 24.3 Å². The van der Waals surface area contributed by atoms with Crippen LogP contribution in [0.4, 0.5) is 0 Å². The molecule has 0 saturated carbocycles. The van der Waals surface area contributed by atoms with Gasteiger partial charge in [0.15, 0.2) is 0 Å². The SMILES string of the molecule is NNCCC1OCCc2ccccc21. The summed E-state index contributed by atoms with van der Waals surface area (Å²) >= 11 is 0. The van der Waals surface area contributed by atoms with Crippen molar-refractivity contribution in [1.82, 2.24) is 5.43 Å². The quantitative estimate of drug-likeness (QED) is 0.558. The summed E-state index contributed by atoms with van der Waals surface area (Å²) in [5, 5.41) is 0. The highest BCUT2D eigenvalue weighted by molar-refractivity contribution is 5.30. The van der Waals surface area contributed by atoms with Crippen LogP contribution in [0.3, 0.4) is 0 Å². The van der Waals surface area contributed by atoms with E-state index in [1.165, 1.54) is 11.1 Å².